The average Bonchev–Trinajstić information content (AvgIpc) is 2.86. The van der Waals surface area contributed by atoms with Gasteiger partial charge in [0.05, 0.1) is 17.1 Å². The first-order valence-electron chi connectivity index (χ1n) is 7.80. The van der Waals surface area contributed by atoms with E-state index in [9.17, 15) is 4.79 Å². The van der Waals surface area contributed by atoms with Crippen LogP contribution in [0.25, 0.3) is 0 Å². The number of thiophene rings is 1. The molecule has 0 saturated heterocycles. The van der Waals surface area contributed by atoms with Crippen molar-refractivity contribution in [1.82, 2.24) is 10.3 Å². The predicted molar refractivity (Wildman–Crippen MR) is 88.2 cm³/mol. The fourth-order valence-electron chi connectivity index (χ4n) is 4.07. The molecule has 1 amide bonds. The lowest BCUT2D eigenvalue weighted by molar-refractivity contribution is 0.0953. The zero-order chi connectivity index (χ0) is 15.5. The number of amides is 1. The van der Waals surface area contributed by atoms with Gasteiger partial charge in [-0.15, -0.1) is 11.3 Å². The zero-order valence-corrected chi connectivity index (χ0v) is 14.0. The first kappa shape index (κ1) is 13.9. The maximum absolute atomic E-state index is 12.5. The van der Waals surface area contributed by atoms with Crippen LogP contribution >= 0.6 is 11.3 Å². The van der Waals surface area contributed by atoms with E-state index >= 15 is 0 Å². The van der Waals surface area contributed by atoms with Crippen molar-refractivity contribution in [1.29, 1.82) is 0 Å². The van der Waals surface area contributed by atoms with Crippen molar-refractivity contribution < 1.29 is 4.79 Å². The summed E-state index contributed by atoms with van der Waals surface area (Å²) in [5, 5.41) is 3.02. The molecule has 0 aliphatic heterocycles. The Bertz CT molecular complexity index is 748. The summed E-state index contributed by atoms with van der Waals surface area (Å²) in [6.45, 7) is 7.35. The first-order valence-corrected chi connectivity index (χ1v) is 8.62. The molecule has 2 aliphatic carbocycles. The number of hydrogen-bond donors (Lipinski definition) is 1. The molecular formula is C18H20N2OS. The topological polar surface area (TPSA) is 42.0 Å². The van der Waals surface area contributed by atoms with Crippen LogP contribution in [0.2, 0.25) is 0 Å². The van der Waals surface area contributed by atoms with E-state index in [1.807, 2.05) is 18.2 Å². The summed E-state index contributed by atoms with van der Waals surface area (Å²) in [6.07, 6.45) is 2.83. The van der Waals surface area contributed by atoms with Crippen molar-refractivity contribution in [2.75, 3.05) is 0 Å². The number of rotatable bonds is 3. The van der Waals surface area contributed by atoms with Crippen LogP contribution in [0.1, 0.15) is 51.1 Å². The number of nitrogens with zero attached hydrogens (tertiary/aromatic N) is 1. The lowest BCUT2D eigenvalue weighted by Gasteiger charge is -2.10. The number of aryl methyl sites for hydroxylation is 1. The molecule has 0 unspecified atom stereocenters. The molecule has 0 spiro atoms. The number of carbonyl (C=O) groups excluding carboxylic acids is 1. The highest BCUT2D eigenvalue weighted by Gasteiger charge is 2.63. The van der Waals surface area contributed by atoms with Crippen LogP contribution in [-0.4, -0.2) is 10.9 Å². The van der Waals surface area contributed by atoms with Gasteiger partial charge in [-0.3, -0.25) is 9.78 Å². The first-order chi connectivity index (χ1) is 10.5. The minimum Gasteiger partial charge on any atom is -0.346 e. The SMILES string of the molecule is Cc1sc(C(=O)NCc2ccccn2)c2c1[C@H]1[C@@H](C2)C1(C)C. The molecule has 1 N–H and O–H groups in total. The molecule has 22 heavy (non-hydrogen) atoms. The molecular weight excluding hydrogens is 292 g/mol. The van der Waals surface area contributed by atoms with Crippen molar-refractivity contribution in [3.8, 4) is 0 Å². The van der Waals surface area contributed by atoms with E-state index in [0.29, 0.717) is 17.9 Å². The molecule has 114 valence electrons. The fourth-order valence-corrected chi connectivity index (χ4v) is 5.22. The summed E-state index contributed by atoms with van der Waals surface area (Å²) in [4.78, 5) is 19.0. The summed E-state index contributed by atoms with van der Waals surface area (Å²) in [5.74, 6) is 1.47. The average molecular weight is 312 g/mol. The molecule has 1 fully saturated rings. The van der Waals surface area contributed by atoms with Crippen molar-refractivity contribution in [2.24, 2.45) is 11.3 Å². The van der Waals surface area contributed by atoms with Crippen LogP contribution < -0.4 is 5.32 Å². The Labute approximate surface area is 134 Å². The molecule has 4 heteroatoms. The monoisotopic (exact) mass is 312 g/mol. The zero-order valence-electron chi connectivity index (χ0n) is 13.1. The fraction of sp³-hybridized carbons (Fsp3) is 0.444. The van der Waals surface area contributed by atoms with Gasteiger partial charge in [-0.1, -0.05) is 19.9 Å². The quantitative estimate of drug-likeness (QED) is 0.939. The Morgan fingerprint density at radius 2 is 2.27 bits per heavy atom. The van der Waals surface area contributed by atoms with Crippen LogP contribution in [-0.2, 0) is 13.0 Å². The maximum atomic E-state index is 12.5. The molecule has 2 aliphatic rings. The smallest absolute Gasteiger partial charge is 0.261 e. The number of nitrogens with one attached hydrogen (secondary N) is 1. The largest absolute Gasteiger partial charge is 0.346 e. The van der Waals surface area contributed by atoms with E-state index in [0.717, 1.165) is 22.9 Å². The van der Waals surface area contributed by atoms with E-state index in [1.54, 1.807) is 17.5 Å². The lowest BCUT2D eigenvalue weighted by Crippen LogP contribution is -2.23. The second-order valence-corrected chi connectivity index (χ2v) is 8.22. The summed E-state index contributed by atoms with van der Waals surface area (Å²) < 4.78 is 0. The van der Waals surface area contributed by atoms with Gasteiger partial charge in [0.1, 0.15) is 0 Å². The summed E-state index contributed by atoms with van der Waals surface area (Å²) in [5.41, 5.74) is 4.11. The van der Waals surface area contributed by atoms with Gasteiger partial charge in [0.2, 0.25) is 0 Å². The molecule has 3 nitrogen and oxygen atoms in total. The lowest BCUT2D eigenvalue weighted by atomic mass is 9.95. The van der Waals surface area contributed by atoms with E-state index in [2.05, 4.69) is 31.1 Å². The summed E-state index contributed by atoms with van der Waals surface area (Å²) >= 11 is 1.66. The predicted octanol–water partition coefficient (Wildman–Crippen LogP) is 3.68. The highest BCUT2D eigenvalue weighted by Crippen LogP contribution is 2.71. The minimum atomic E-state index is 0.0547. The Balaban J connectivity index is 1.54. The molecule has 2 aromatic rings. The molecule has 0 bridgehead atoms. The van der Waals surface area contributed by atoms with Gasteiger partial charge < -0.3 is 5.32 Å². The summed E-state index contributed by atoms with van der Waals surface area (Å²) in [6, 6.07) is 5.76. The van der Waals surface area contributed by atoms with Crippen LogP contribution in [0.5, 0.6) is 0 Å². The van der Waals surface area contributed by atoms with Crippen molar-refractivity contribution >= 4 is 17.2 Å². The number of aromatic nitrogens is 1. The van der Waals surface area contributed by atoms with Crippen LogP contribution in [0.15, 0.2) is 24.4 Å². The maximum Gasteiger partial charge on any atom is 0.261 e. The Morgan fingerprint density at radius 1 is 1.45 bits per heavy atom. The molecule has 1 saturated carbocycles. The second kappa shape index (κ2) is 4.66. The highest BCUT2D eigenvalue weighted by atomic mass is 32.1. The van der Waals surface area contributed by atoms with Crippen molar-refractivity contribution in [2.45, 2.75) is 39.7 Å². The van der Waals surface area contributed by atoms with Gasteiger partial charge in [0, 0.05) is 11.1 Å². The molecule has 0 radical (unpaired) electrons. The van der Waals surface area contributed by atoms with E-state index in [-0.39, 0.29) is 5.91 Å². The van der Waals surface area contributed by atoms with Gasteiger partial charge in [-0.05, 0) is 53.9 Å². The number of carbonyl (C=O) groups is 1. The molecule has 4 rings (SSSR count). The van der Waals surface area contributed by atoms with Gasteiger partial charge in [-0.2, -0.15) is 0 Å². The molecule has 0 aromatic carbocycles. The number of pyridine rings is 1. The van der Waals surface area contributed by atoms with Crippen molar-refractivity contribution in [3.05, 3.63) is 51.0 Å². The van der Waals surface area contributed by atoms with Gasteiger partial charge in [0.25, 0.3) is 5.91 Å². The van der Waals surface area contributed by atoms with E-state index in [4.69, 9.17) is 0 Å². The highest BCUT2D eigenvalue weighted by molar-refractivity contribution is 7.14. The van der Waals surface area contributed by atoms with Gasteiger partial charge in [-0.25, -0.2) is 0 Å². The van der Waals surface area contributed by atoms with E-state index < -0.39 is 0 Å². The van der Waals surface area contributed by atoms with Crippen LogP contribution in [0.4, 0.5) is 0 Å². The van der Waals surface area contributed by atoms with Gasteiger partial charge >= 0.3 is 0 Å². The van der Waals surface area contributed by atoms with Crippen molar-refractivity contribution in [3.63, 3.8) is 0 Å². The van der Waals surface area contributed by atoms with E-state index in [1.165, 1.54) is 16.0 Å². The van der Waals surface area contributed by atoms with Crippen LogP contribution in [0.3, 0.4) is 0 Å². The minimum absolute atomic E-state index is 0.0547. The Kier molecular flexibility index (Phi) is 2.95. The molecule has 2 heterocycles. The number of fused-ring (bicyclic) bond motifs is 3. The number of hydrogen-bond acceptors (Lipinski definition) is 3. The van der Waals surface area contributed by atoms with Gasteiger partial charge in [0.15, 0.2) is 0 Å². The van der Waals surface area contributed by atoms with Crippen LogP contribution in [0, 0.1) is 18.3 Å². The normalized spacial score (nSPS) is 23.8. The summed E-state index contributed by atoms with van der Waals surface area (Å²) in [7, 11) is 0. The molecule has 2 atom stereocenters. The third-order valence-corrected chi connectivity index (χ3v) is 6.54. The Hall–Kier alpha value is -1.68. The standard InChI is InChI=1S/C18H20N2OS/c1-10-14-12(8-13-15(14)18(13,2)3)16(22-10)17(21)20-9-11-6-4-5-7-19-11/h4-7,13,15H,8-9H2,1-3H3,(H,20,21)/t13-,15-/m1/s1. The third kappa shape index (κ3) is 1.93. The second-order valence-electron chi connectivity index (χ2n) is 6.99. The molecule has 2 aromatic heterocycles. The Morgan fingerprint density at radius 3 is 3.00 bits per heavy atom. The third-order valence-electron chi connectivity index (χ3n) is 5.38.